The summed E-state index contributed by atoms with van der Waals surface area (Å²) in [5.74, 6) is 0.0890. The average Bonchev–Trinajstić information content (AvgIpc) is 2.86. The van der Waals surface area contributed by atoms with Crippen molar-refractivity contribution in [2.45, 2.75) is 19.9 Å². The van der Waals surface area contributed by atoms with Gasteiger partial charge in [0.05, 0.1) is 22.3 Å². The third-order valence-electron chi connectivity index (χ3n) is 4.99. The van der Waals surface area contributed by atoms with E-state index in [9.17, 15) is 9.59 Å². The Labute approximate surface area is 213 Å². The summed E-state index contributed by atoms with van der Waals surface area (Å²) < 4.78 is 6.32. The van der Waals surface area contributed by atoms with Gasteiger partial charge in [0.1, 0.15) is 5.75 Å². The van der Waals surface area contributed by atoms with Gasteiger partial charge in [-0.1, -0.05) is 49.4 Å². The Morgan fingerprint density at radius 3 is 2.41 bits per heavy atom. The molecular formula is C26H26BrN3O3S. The summed E-state index contributed by atoms with van der Waals surface area (Å²) in [7, 11) is 1.71. The smallest absolute Gasteiger partial charge is 0.257 e. The Morgan fingerprint density at radius 1 is 1.00 bits per heavy atom. The molecule has 0 aliphatic carbocycles. The van der Waals surface area contributed by atoms with Crippen molar-refractivity contribution in [2.24, 2.45) is 0 Å². The van der Waals surface area contributed by atoms with Gasteiger partial charge < -0.3 is 15.0 Å². The number of amides is 2. The number of halogens is 1. The Bertz CT molecular complexity index is 1170. The minimum absolute atomic E-state index is 0.177. The second kappa shape index (κ2) is 12.3. The van der Waals surface area contributed by atoms with Crippen molar-refractivity contribution < 1.29 is 14.3 Å². The van der Waals surface area contributed by atoms with Crippen molar-refractivity contribution in [3.05, 3.63) is 94.0 Å². The predicted octanol–water partition coefficient (Wildman–Crippen LogP) is 5.32. The highest BCUT2D eigenvalue weighted by Crippen LogP contribution is 2.26. The van der Waals surface area contributed by atoms with Crippen molar-refractivity contribution in [1.82, 2.24) is 10.6 Å². The highest BCUT2D eigenvalue weighted by molar-refractivity contribution is 9.10. The van der Waals surface area contributed by atoms with Crippen LogP contribution in [0.1, 0.15) is 39.6 Å². The van der Waals surface area contributed by atoms with Crippen molar-refractivity contribution >= 4 is 50.8 Å². The first-order valence-corrected chi connectivity index (χ1v) is 12.0. The molecule has 6 nitrogen and oxygen atoms in total. The molecule has 0 aliphatic rings. The van der Waals surface area contributed by atoms with Crippen LogP contribution in [0.4, 0.5) is 5.69 Å². The van der Waals surface area contributed by atoms with E-state index >= 15 is 0 Å². The maximum atomic E-state index is 12.9. The normalized spacial score (nSPS) is 10.3. The van der Waals surface area contributed by atoms with E-state index in [4.69, 9.17) is 17.0 Å². The molecule has 0 aromatic heterocycles. The summed E-state index contributed by atoms with van der Waals surface area (Å²) in [6.45, 7) is 3.03. The number of para-hydroxylation sites is 1. The quantitative estimate of drug-likeness (QED) is 0.379. The molecule has 0 atom stereocenters. The molecule has 176 valence electrons. The molecular weight excluding hydrogens is 514 g/mol. The summed E-state index contributed by atoms with van der Waals surface area (Å²) in [6.07, 6.45) is 0.890. The van der Waals surface area contributed by atoms with Gasteiger partial charge in [0.2, 0.25) is 0 Å². The van der Waals surface area contributed by atoms with Gasteiger partial charge in [0, 0.05) is 19.2 Å². The lowest BCUT2D eigenvalue weighted by Gasteiger charge is -2.23. The number of anilines is 1. The number of nitrogens with zero attached hydrogens (tertiary/aromatic N) is 1. The molecule has 0 aliphatic heterocycles. The van der Waals surface area contributed by atoms with Crippen LogP contribution in [0.25, 0.3) is 0 Å². The van der Waals surface area contributed by atoms with Crippen molar-refractivity contribution in [2.75, 3.05) is 18.6 Å². The topological polar surface area (TPSA) is 70.7 Å². The second-order valence-corrected chi connectivity index (χ2v) is 8.74. The van der Waals surface area contributed by atoms with Gasteiger partial charge in [0.15, 0.2) is 5.11 Å². The SMILES string of the molecule is CCCOc1ccc(C(=O)NC(=S)N(C)c2ccccc2C(=O)NCc2ccccc2)cc1Br. The molecule has 3 aromatic carbocycles. The third kappa shape index (κ3) is 6.65. The molecule has 2 amide bonds. The van der Waals surface area contributed by atoms with E-state index in [1.807, 2.05) is 43.3 Å². The van der Waals surface area contributed by atoms with Crippen LogP contribution in [0.15, 0.2) is 77.3 Å². The number of nitrogens with one attached hydrogen (secondary N) is 2. The van der Waals surface area contributed by atoms with Crippen LogP contribution in [0.3, 0.4) is 0 Å². The lowest BCUT2D eigenvalue weighted by molar-refractivity contribution is 0.0949. The van der Waals surface area contributed by atoms with E-state index in [1.165, 1.54) is 0 Å². The van der Waals surface area contributed by atoms with E-state index in [-0.39, 0.29) is 16.9 Å². The number of hydrogen-bond acceptors (Lipinski definition) is 4. The number of hydrogen-bond donors (Lipinski definition) is 2. The summed E-state index contributed by atoms with van der Waals surface area (Å²) >= 11 is 8.91. The zero-order valence-electron chi connectivity index (χ0n) is 19.0. The number of rotatable bonds is 8. The van der Waals surface area contributed by atoms with E-state index in [0.717, 1.165) is 12.0 Å². The first-order valence-electron chi connectivity index (χ1n) is 10.8. The van der Waals surface area contributed by atoms with Gasteiger partial charge >= 0.3 is 0 Å². The zero-order chi connectivity index (χ0) is 24.5. The van der Waals surface area contributed by atoms with Gasteiger partial charge in [-0.25, -0.2) is 0 Å². The van der Waals surface area contributed by atoms with Crippen molar-refractivity contribution in [3.63, 3.8) is 0 Å². The largest absolute Gasteiger partial charge is 0.492 e. The maximum absolute atomic E-state index is 12.9. The fourth-order valence-corrected chi connectivity index (χ4v) is 3.85. The van der Waals surface area contributed by atoms with Gasteiger partial charge in [-0.05, 0) is 70.5 Å². The molecule has 34 heavy (non-hydrogen) atoms. The first kappa shape index (κ1) is 25.4. The van der Waals surface area contributed by atoms with E-state index in [0.29, 0.717) is 40.2 Å². The number of thiocarbonyl (C=S) groups is 1. The molecule has 8 heteroatoms. The molecule has 0 saturated carbocycles. The van der Waals surface area contributed by atoms with Crippen LogP contribution < -0.4 is 20.3 Å². The molecule has 0 heterocycles. The maximum Gasteiger partial charge on any atom is 0.257 e. The minimum Gasteiger partial charge on any atom is -0.492 e. The van der Waals surface area contributed by atoms with Crippen LogP contribution in [0.5, 0.6) is 5.75 Å². The molecule has 3 rings (SSSR count). The van der Waals surface area contributed by atoms with Crippen LogP contribution in [-0.4, -0.2) is 30.6 Å². The molecule has 0 radical (unpaired) electrons. The zero-order valence-corrected chi connectivity index (χ0v) is 21.4. The van der Waals surface area contributed by atoms with E-state index in [2.05, 4.69) is 26.6 Å². The lowest BCUT2D eigenvalue weighted by Crippen LogP contribution is -2.41. The molecule has 0 saturated heterocycles. The fraction of sp³-hybridized carbons (Fsp3) is 0.192. The minimum atomic E-state index is -0.356. The van der Waals surface area contributed by atoms with Gasteiger partial charge in [-0.2, -0.15) is 0 Å². The molecule has 0 fully saturated rings. The molecule has 0 spiro atoms. The second-order valence-electron chi connectivity index (χ2n) is 7.50. The highest BCUT2D eigenvalue weighted by atomic mass is 79.9. The summed E-state index contributed by atoms with van der Waals surface area (Å²) in [5, 5.41) is 5.84. The summed E-state index contributed by atoms with van der Waals surface area (Å²) in [6, 6.07) is 21.9. The first-order chi connectivity index (χ1) is 16.4. The number of ether oxygens (including phenoxy) is 1. The number of carbonyl (C=O) groups is 2. The van der Waals surface area contributed by atoms with Crippen molar-refractivity contribution in [3.8, 4) is 5.75 Å². The van der Waals surface area contributed by atoms with Crippen LogP contribution in [0.2, 0.25) is 0 Å². The standard InChI is InChI=1S/C26H26BrN3O3S/c1-3-15-33-23-14-13-19(16-21(23)27)24(31)29-26(34)30(2)22-12-8-7-11-20(22)25(32)28-17-18-9-5-4-6-10-18/h4-14,16H,3,15,17H2,1-2H3,(H,28,32)(H,29,31,34). The van der Waals surface area contributed by atoms with Crippen LogP contribution in [-0.2, 0) is 6.54 Å². The summed E-state index contributed by atoms with van der Waals surface area (Å²) in [4.78, 5) is 27.3. The fourth-order valence-electron chi connectivity index (χ4n) is 3.17. The van der Waals surface area contributed by atoms with Crippen LogP contribution in [0, 0.1) is 0 Å². The molecule has 3 aromatic rings. The molecule has 2 N–H and O–H groups in total. The van der Waals surface area contributed by atoms with Gasteiger partial charge in [-0.3, -0.25) is 14.9 Å². The third-order valence-corrected chi connectivity index (χ3v) is 5.98. The van der Waals surface area contributed by atoms with Gasteiger partial charge in [-0.15, -0.1) is 0 Å². The Balaban J connectivity index is 1.68. The van der Waals surface area contributed by atoms with Crippen molar-refractivity contribution in [1.29, 1.82) is 0 Å². The molecule has 0 bridgehead atoms. The lowest BCUT2D eigenvalue weighted by atomic mass is 10.1. The molecule has 0 unspecified atom stereocenters. The number of carbonyl (C=O) groups excluding carboxylic acids is 2. The highest BCUT2D eigenvalue weighted by Gasteiger charge is 2.18. The van der Waals surface area contributed by atoms with Crippen LogP contribution >= 0.6 is 28.1 Å². The monoisotopic (exact) mass is 539 g/mol. The Morgan fingerprint density at radius 2 is 1.71 bits per heavy atom. The van der Waals surface area contributed by atoms with E-state index < -0.39 is 0 Å². The summed E-state index contributed by atoms with van der Waals surface area (Å²) in [5.41, 5.74) is 2.47. The van der Waals surface area contributed by atoms with Gasteiger partial charge in [0.25, 0.3) is 11.8 Å². The van der Waals surface area contributed by atoms with E-state index in [1.54, 1.807) is 48.3 Å². The average molecular weight is 540 g/mol. The number of benzene rings is 3. The Hall–Kier alpha value is -3.23. The predicted molar refractivity (Wildman–Crippen MR) is 142 cm³/mol. The Kier molecular flexibility index (Phi) is 9.18.